The number of ether oxygens (including phenoxy) is 1. The van der Waals surface area contributed by atoms with E-state index >= 15 is 0 Å². The van der Waals surface area contributed by atoms with Gasteiger partial charge in [-0.1, -0.05) is 32.6 Å². The Hall–Kier alpha value is -0.600. The van der Waals surface area contributed by atoms with Gasteiger partial charge in [0.2, 0.25) is 0 Å². The normalized spacial score (nSPS) is 12.5. The van der Waals surface area contributed by atoms with E-state index in [1.807, 2.05) is 0 Å². The van der Waals surface area contributed by atoms with Gasteiger partial charge in [0.15, 0.2) is 0 Å². The van der Waals surface area contributed by atoms with Gasteiger partial charge in [-0.15, -0.1) is 0 Å². The van der Waals surface area contributed by atoms with Crippen LogP contribution in [-0.2, 0) is 9.53 Å². The van der Waals surface area contributed by atoms with Crippen LogP contribution in [0, 0.1) is 0 Å². The third kappa shape index (κ3) is 8.02. The summed E-state index contributed by atoms with van der Waals surface area (Å²) < 4.78 is 17.6. The van der Waals surface area contributed by atoms with E-state index in [-0.39, 0.29) is 12.4 Å². The predicted octanol–water partition coefficient (Wildman–Crippen LogP) is 3.25. The topological polar surface area (TPSA) is 26.3 Å². The molecular weight excluding hydrogens is 183 g/mol. The van der Waals surface area contributed by atoms with Crippen LogP contribution in [0.25, 0.3) is 0 Å². The summed E-state index contributed by atoms with van der Waals surface area (Å²) >= 11 is 0. The molecule has 3 heteroatoms. The van der Waals surface area contributed by atoms with Crippen molar-refractivity contribution >= 4 is 5.97 Å². The van der Waals surface area contributed by atoms with Crippen molar-refractivity contribution in [3.63, 3.8) is 0 Å². The van der Waals surface area contributed by atoms with Crippen LogP contribution in [0.3, 0.4) is 0 Å². The summed E-state index contributed by atoms with van der Waals surface area (Å²) in [7, 11) is 1.33. The molecule has 1 atom stereocenters. The molecule has 0 rings (SSSR count). The van der Waals surface area contributed by atoms with E-state index in [1.54, 1.807) is 0 Å². The average molecular weight is 204 g/mol. The van der Waals surface area contributed by atoms with Crippen LogP contribution in [0.1, 0.15) is 51.9 Å². The number of carbonyl (C=O) groups is 1. The standard InChI is InChI=1S/C11H21FO2/c1-3-4-5-6-7-10(12)8-9-11(13)14-2/h10H,3-9H2,1-2H3/t10-/m0/s1. The van der Waals surface area contributed by atoms with Gasteiger partial charge in [0.05, 0.1) is 7.11 Å². The maximum atomic E-state index is 13.1. The average Bonchev–Trinajstić information content (AvgIpc) is 2.21. The molecule has 0 bridgehead atoms. The molecule has 0 aliphatic heterocycles. The van der Waals surface area contributed by atoms with Crippen molar-refractivity contribution < 1.29 is 13.9 Å². The van der Waals surface area contributed by atoms with Crippen molar-refractivity contribution in [1.82, 2.24) is 0 Å². The summed E-state index contributed by atoms with van der Waals surface area (Å²) in [6.07, 6.45) is 4.60. The van der Waals surface area contributed by atoms with Gasteiger partial charge in [0, 0.05) is 6.42 Å². The maximum absolute atomic E-state index is 13.1. The highest BCUT2D eigenvalue weighted by atomic mass is 19.1. The minimum Gasteiger partial charge on any atom is -0.469 e. The lowest BCUT2D eigenvalue weighted by Gasteiger charge is -2.06. The van der Waals surface area contributed by atoms with Gasteiger partial charge in [-0.2, -0.15) is 0 Å². The molecule has 0 aliphatic carbocycles. The summed E-state index contributed by atoms with van der Waals surface area (Å²) in [6.45, 7) is 2.13. The first kappa shape index (κ1) is 13.4. The third-order valence-corrected chi connectivity index (χ3v) is 2.26. The van der Waals surface area contributed by atoms with Gasteiger partial charge in [-0.25, -0.2) is 4.39 Å². The van der Waals surface area contributed by atoms with Crippen LogP contribution in [-0.4, -0.2) is 19.3 Å². The summed E-state index contributed by atoms with van der Waals surface area (Å²) in [5, 5.41) is 0. The van der Waals surface area contributed by atoms with Crippen LogP contribution in [0.4, 0.5) is 4.39 Å². The quantitative estimate of drug-likeness (QED) is 0.448. The van der Waals surface area contributed by atoms with E-state index in [9.17, 15) is 9.18 Å². The Labute approximate surface area is 85.8 Å². The molecule has 2 nitrogen and oxygen atoms in total. The number of hydrogen-bond donors (Lipinski definition) is 0. The predicted molar refractivity (Wildman–Crippen MR) is 54.9 cm³/mol. The Balaban J connectivity index is 3.27. The molecule has 0 aromatic rings. The van der Waals surface area contributed by atoms with E-state index in [0.29, 0.717) is 12.8 Å². The highest BCUT2D eigenvalue weighted by Crippen LogP contribution is 2.12. The lowest BCUT2D eigenvalue weighted by molar-refractivity contribution is -0.141. The number of halogens is 1. The Morgan fingerprint density at radius 2 is 2.00 bits per heavy atom. The van der Waals surface area contributed by atoms with Crippen molar-refractivity contribution in [2.24, 2.45) is 0 Å². The van der Waals surface area contributed by atoms with Gasteiger partial charge < -0.3 is 4.74 Å². The molecule has 0 heterocycles. The summed E-state index contributed by atoms with van der Waals surface area (Å²) in [4.78, 5) is 10.7. The Bertz CT molecular complexity index is 148. The molecule has 0 aromatic carbocycles. The minimum absolute atomic E-state index is 0.200. The molecule has 0 fully saturated rings. The van der Waals surface area contributed by atoms with Gasteiger partial charge in [0.1, 0.15) is 6.17 Å². The zero-order chi connectivity index (χ0) is 10.8. The van der Waals surface area contributed by atoms with Crippen molar-refractivity contribution in [2.75, 3.05) is 7.11 Å². The van der Waals surface area contributed by atoms with Crippen LogP contribution in [0.2, 0.25) is 0 Å². The van der Waals surface area contributed by atoms with Gasteiger partial charge in [-0.05, 0) is 12.8 Å². The number of unbranched alkanes of at least 4 members (excludes halogenated alkanes) is 3. The maximum Gasteiger partial charge on any atom is 0.305 e. The number of alkyl halides is 1. The highest BCUT2D eigenvalue weighted by Gasteiger charge is 2.09. The molecule has 0 N–H and O–H groups in total. The second kappa shape index (κ2) is 8.97. The SMILES string of the molecule is CCCCCC[C@H](F)CCC(=O)OC. The molecule has 0 radical (unpaired) electrons. The minimum atomic E-state index is -0.842. The second-order valence-electron chi connectivity index (χ2n) is 3.56. The monoisotopic (exact) mass is 204 g/mol. The van der Waals surface area contributed by atoms with Gasteiger partial charge >= 0.3 is 5.97 Å². The summed E-state index contributed by atoms with van der Waals surface area (Å²) in [5.74, 6) is -0.318. The molecule has 84 valence electrons. The molecule has 0 amide bonds. The zero-order valence-electron chi connectivity index (χ0n) is 9.22. The van der Waals surface area contributed by atoms with Crippen molar-refractivity contribution in [1.29, 1.82) is 0 Å². The van der Waals surface area contributed by atoms with E-state index in [2.05, 4.69) is 11.7 Å². The molecule has 0 spiro atoms. The molecular formula is C11H21FO2. The first-order valence-electron chi connectivity index (χ1n) is 5.41. The zero-order valence-corrected chi connectivity index (χ0v) is 9.22. The van der Waals surface area contributed by atoms with Crippen LogP contribution >= 0.6 is 0 Å². The van der Waals surface area contributed by atoms with Crippen LogP contribution < -0.4 is 0 Å². The number of rotatable bonds is 8. The van der Waals surface area contributed by atoms with Crippen molar-refractivity contribution in [2.45, 2.75) is 58.0 Å². The van der Waals surface area contributed by atoms with Crippen molar-refractivity contribution in [3.05, 3.63) is 0 Å². The molecule has 0 saturated carbocycles. The smallest absolute Gasteiger partial charge is 0.305 e. The summed E-state index contributed by atoms with van der Waals surface area (Å²) in [5.41, 5.74) is 0. The summed E-state index contributed by atoms with van der Waals surface area (Å²) in [6, 6.07) is 0. The first-order valence-corrected chi connectivity index (χ1v) is 5.41. The van der Waals surface area contributed by atoms with E-state index in [4.69, 9.17) is 0 Å². The molecule has 0 aliphatic rings. The number of esters is 1. The van der Waals surface area contributed by atoms with Crippen molar-refractivity contribution in [3.8, 4) is 0 Å². The van der Waals surface area contributed by atoms with Crippen LogP contribution in [0.5, 0.6) is 0 Å². The van der Waals surface area contributed by atoms with Gasteiger partial charge in [0.25, 0.3) is 0 Å². The molecule has 0 aromatic heterocycles. The molecule has 14 heavy (non-hydrogen) atoms. The third-order valence-electron chi connectivity index (χ3n) is 2.26. The fraction of sp³-hybridized carbons (Fsp3) is 0.909. The van der Waals surface area contributed by atoms with E-state index in [0.717, 1.165) is 12.8 Å². The lowest BCUT2D eigenvalue weighted by Crippen LogP contribution is -2.06. The van der Waals surface area contributed by atoms with E-state index < -0.39 is 6.17 Å². The Morgan fingerprint density at radius 3 is 2.57 bits per heavy atom. The molecule has 0 unspecified atom stereocenters. The van der Waals surface area contributed by atoms with Crippen LogP contribution in [0.15, 0.2) is 0 Å². The number of methoxy groups -OCH3 is 1. The van der Waals surface area contributed by atoms with E-state index in [1.165, 1.54) is 20.0 Å². The largest absolute Gasteiger partial charge is 0.469 e. The molecule has 0 saturated heterocycles. The fourth-order valence-electron chi connectivity index (χ4n) is 1.31. The second-order valence-corrected chi connectivity index (χ2v) is 3.56. The Kier molecular flexibility index (Phi) is 8.59. The lowest BCUT2D eigenvalue weighted by atomic mass is 10.1. The Morgan fingerprint density at radius 1 is 1.29 bits per heavy atom. The number of carbonyl (C=O) groups excluding carboxylic acids is 1. The van der Waals surface area contributed by atoms with Gasteiger partial charge in [-0.3, -0.25) is 4.79 Å². The highest BCUT2D eigenvalue weighted by molar-refractivity contribution is 5.69. The first-order chi connectivity index (χ1) is 6.70. The fourth-order valence-corrected chi connectivity index (χ4v) is 1.31. The number of hydrogen-bond acceptors (Lipinski definition) is 2.